The van der Waals surface area contributed by atoms with Crippen molar-refractivity contribution in [2.45, 2.75) is 38.3 Å². The zero-order valence-corrected chi connectivity index (χ0v) is 10.2. The summed E-state index contributed by atoms with van der Waals surface area (Å²) < 4.78 is 7.52. The van der Waals surface area contributed by atoms with Gasteiger partial charge in [0.25, 0.3) is 0 Å². The van der Waals surface area contributed by atoms with Crippen LogP contribution < -0.4 is 0 Å². The summed E-state index contributed by atoms with van der Waals surface area (Å²) in [6.45, 7) is 2.75. The molecule has 2 rings (SSSR count). The summed E-state index contributed by atoms with van der Waals surface area (Å²) in [6, 6.07) is 0. The molecule has 0 amide bonds. The Morgan fingerprint density at radius 1 is 1.53 bits per heavy atom. The number of halogens is 2. The van der Waals surface area contributed by atoms with Crippen LogP contribution >= 0.6 is 23.2 Å². The SMILES string of the molecule is Cc1c(Cl)c(CCl)nn1C1CCCCO1. The van der Waals surface area contributed by atoms with E-state index < -0.39 is 0 Å². The average Bonchev–Trinajstić information content (AvgIpc) is 2.57. The van der Waals surface area contributed by atoms with E-state index in [0.717, 1.165) is 30.8 Å². The van der Waals surface area contributed by atoms with E-state index >= 15 is 0 Å². The highest BCUT2D eigenvalue weighted by molar-refractivity contribution is 6.32. The second-order valence-electron chi connectivity index (χ2n) is 3.75. The third-order valence-corrected chi connectivity index (χ3v) is 3.44. The van der Waals surface area contributed by atoms with Crippen LogP contribution in [0.25, 0.3) is 0 Å². The van der Waals surface area contributed by atoms with E-state index in [1.807, 2.05) is 11.6 Å². The van der Waals surface area contributed by atoms with Gasteiger partial charge in [-0.3, -0.25) is 0 Å². The summed E-state index contributed by atoms with van der Waals surface area (Å²) in [4.78, 5) is 0. The molecule has 1 aromatic heterocycles. The fraction of sp³-hybridized carbons (Fsp3) is 0.700. The molecule has 15 heavy (non-hydrogen) atoms. The van der Waals surface area contributed by atoms with Crippen LogP contribution in [0.2, 0.25) is 5.02 Å². The number of nitrogens with zero attached hydrogens (tertiary/aromatic N) is 2. The molecule has 1 aliphatic heterocycles. The molecule has 2 heterocycles. The molecular formula is C10H14Cl2N2O. The van der Waals surface area contributed by atoms with Crippen molar-refractivity contribution in [2.75, 3.05) is 6.61 Å². The van der Waals surface area contributed by atoms with Crippen molar-refractivity contribution < 1.29 is 4.74 Å². The predicted molar refractivity (Wildman–Crippen MR) is 60.4 cm³/mol. The molecule has 1 atom stereocenters. The van der Waals surface area contributed by atoms with Gasteiger partial charge in [0.15, 0.2) is 6.23 Å². The lowest BCUT2D eigenvalue weighted by Gasteiger charge is -2.23. The van der Waals surface area contributed by atoms with Gasteiger partial charge in [-0.15, -0.1) is 11.6 Å². The van der Waals surface area contributed by atoms with Gasteiger partial charge in [-0.05, 0) is 26.2 Å². The molecule has 84 valence electrons. The van der Waals surface area contributed by atoms with Gasteiger partial charge < -0.3 is 4.74 Å². The van der Waals surface area contributed by atoms with Crippen LogP contribution in [0.5, 0.6) is 0 Å². The third kappa shape index (κ3) is 2.14. The number of hydrogen-bond acceptors (Lipinski definition) is 2. The minimum atomic E-state index is 0.0354. The normalized spacial score (nSPS) is 21.9. The van der Waals surface area contributed by atoms with E-state index in [2.05, 4.69) is 5.10 Å². The molecule has 1 unspecified atom stereocenters. The minimum Gasteiger partial charge on any atom is -0.357 e. The topological polar surface area (TPSA) is 27.1 Å². The number of ether oxygens (including phenoxy) is 1. The standard InChI is InChI=1S/C10H14Cl2N2O/c1-7-10(12)8(6-11)13-14(7)9-4-2-3-5-15-9/h9H,2-6H2,1H3. The molecular weight excluding hydrogens is 235 g/mol. The highest BCUT2D eigenvalue weighted by atomic mass is 35.5. The summed E-state index contributed by atoms with van der Waals surface area (Å²) in [7, 11) is 0. The van der Waals surface area contributed by atoms with Gasteiger partial charge >= 0.3 is 0 Å². The van der Waals surface area contributed by atoms with Crippen molar-refractivity contribution in [3.8, 4) is 0 Å². The van der Waals surface area contributed by atoms with Crippen LogP contribution in [0.4, 0.5) is 0 Å². The first kappa shape index (κ1) is 11.2. The van der Waals surface area contributed by atoms with Gasteiger partial charge in [-0.1, -0.05) is 11.6 Å². The molecule has 1 aliphatic rings. The Bertz CT molecular complexity index is 345. The highest BCUT2D eigenvalue weighted by Crippen LogP contribution is 2.28. The molecule has 0 N–H and O–H groups in total. The summed E-state index contributed by atoms with van der Waals surface area (Å²) in [5.41, 5.74) is 1.68. The Hall–Kier alpha value is -0.250. The average molecular weight is 249 g/mol. The molecule has 0 radical (unpaired) electrons. The summed E-state index contributed by atoms with van der Waals surface area (Å²) in [5, 5.41) is 5.05. The maximum absolute atomic E-state index is 6.11. The second-order valence-corrected chi connectivity index (χ2v) is 4.39. The zero-order valence-electron chi connectivity index (χ0n) is 8.67. The largest absolute Gasteiger partial charge is 0.357 e. The Kier molecular flexibility index (Phi) is 3.54. The van der Waals surface area contributed by atoms with Crippen LogP contribution in [0, 0.1) is 6.92 Å². The fourth-order valence-corrected chi connectivity index (χ4v) is 2.29. The lowest BCUT2D eigenvalue weighted by atomic mass is 10.2. The van der Waals surface area contributed by atoms with E-state index in [-0.39, 0.29) is 6.23 Å². The Balaban J connectivity index is 2.26. The van der Waals surface area contributed by atoms with Gasteiger partial charge in [0, 0.05) is 6.61 Å². The lowest BCUT2D eigenvalue weighted by Crippen LogP contribution is -2.20. The van der Waals surface area contributed by atoms with Gasteiger partial charge in [-0.2, -0.15) is 5.10 Å². The summed E-state index contributed by atoms with van der Waals surface area (Å²) >= 11 is 11.9. The zero-order chi connectivity index (χ0) is 10.8. The fourth-order valence-electron chi connectivity index (χ4n) is 1.84. The number of hydrogen-bond donors (Lipinski definition) is 0. The molecule has 0 bridgehead atoms. The summed E-state index contributed by atoms with van der Waals surface area (Å²) in [6.07, 6.45) is 3.35. The maximum Gasteiger partial charge on any atom is 0.150 e. The molecule has 1 saturated heterocycles. The predicted octanol–water partition coefficient (Wildman–Crippen LogP) is 3.28. The first-order valence-electron chi connectivity index (χ1n) is 5.15. The molecule has 0 spiro atoms. The first-order valence-corrected chi connectivity index (χ1v) is 6.06. The van der Waals surface area contributed by atoms with Crippen LogP contribution in [-0.4, -0.2) is 16.4 Å². The Labute approximate surface area is 99.3 Å². The highest BCUT2D eigenvalue weighted by Gasteiger charge is 2.21. The molecule has 3 nitrogen and oxygen atoms in total. The van der Waals surface area contributed by atoms with E-state index in [4.69, 9.17) is 27.9 Å². The first-order chi connectivity index (χ1) is 7.24. The van der Waals surface area contributed by atoms with E-state index in [9.17, 15) is 0 Å². The maximum atomic E-state index is 6.11. The number of aromatic nitrogens is 2. The smallest absolute Gasteiger partial charge is 0.150 e. The van der Waals surface area contributed by atoms with Gasteiger partial charge in [0.05, 0.1) is 22.3 Å². The Morgan fingerprint density at radius 3 is 2.87 bits per heavy atom. The van der Waals surface area contributed by atoms with Gasteiger partial charge in [0.2, 0.25) is 0 Å². The van der Waals surface area contributed by atoms with Crippen molar-refractivity contribution >= 4 is 23.2 Å². The molecule has 1 fully saturated rings. The molecule has 1 aromatic rings. The van der Waals surface area contributed by atoms with Gasteiger partial charge in [0.1, 0.15) is 0 Å². The van der Waals surface area contributed by atoms with Crippen LogP contribution in [0.3, 0.4) is 0 Å². The van der Waals surface area contributed by atoms with Crippen molar-refractivity contribution in [3.05, 3.63) is 16.4 Å². The molecule has 0 aliphatic carbocycles. The van der Waals surface area contributed by atoms with E-state index in [1.54, 1.807) is 0 Å². The number of alkyl halides is 1. The van der Waals surface area contributed by atoms with Crippen LogP contribution in [-0.2, 0) is 10.6 Å². The van der Waals surface area contributed by atoms with E-state index in [1.165, 1.54) is 6.42 Å². The summed E-state index contributed by atoms with van der Waals surface area (Å²) in [5.74, 6) is 0.347. The van der Waals surface area contributed by atoms with Crippen molar-refractivity contribution in [3.63, 3.8) is 0 Å². The van der Waals surface area contributed by atoms with Crippen LogP contribution in [0.1, 0.15) is 36.9 Å². The minimum absolute atomic E-state index is 0.0354. The van der Waals surface area contributed by atoms with Crippen molar-refractivity contribution in [1.29, 1.82) is 0 Å². The number of rotatable bonds is 2. The van der Waals surface area contributed by atoms with Crippen molar-refractivity contribution in [2.24, 2.45) is 0 Å². The van der Waals surface area contributed by atoms with E-state index in [0.29, 0.717) is 10.9 Å². The lowest BCUT2D eigenvalue weighted by molar-refractivity contribution is -0.0407. The Morgan fingerprint density at radius 2 is 2.33 bits per heavy atom. The second kappa shape index (κ2) is 4.73. The van der Waals surface area contributed by atoms with Crippen LogP contribution in [0.15, 0.2) is 0 Å². The molecule has 0 aromatic carbocycles. The molecule has 0 saturated carbocycles. The third-order valence-electron chi connectivity index (χ3n) is 2.70. The van der Waals surface area contributed by atoms with Gasteiger partial charge in [-0.25, -0.2) is 4.68 Å². The van der Waals surface area contributed by atoms with Crippen molar-refractivity contribution in [1.82, 2.24) is 9.78 Å². The monoisotopic (exact) mass is 248 g/mol. The quantitative estimate of drug-likeness (QED) is 0.752. The molecule has 5 heteroatoms.